The Morgan fingerprint density at radius 2 is 1.85 bits per heavy atom. The molecular formula is C30H45O9P. The molecule has 10 heteroatoms. The van der Waals surface area contributed by atoms with Gasteiger partial charge < -0.3 is 14.4 Å². The van der Waals surface area contributed by atoms with Gasteiger partial charge in [-0.25, -0.2) is 4.57 Å². The number of esters is 2. The fourth-order valence-electron chi connectivity index (χ4n) is 8.09. The van der Waals surface area contributed by atoms with E-state index in [1.807, 2.05) is 6.08 Å². The van der Waals surface area contributed by atoms with E-state index in [0.717, 1.165) is 50.5 Å². The third-order valence-electron chi connectivity index (χ3n) is 9.97. The number of carbonyl (C=O) groups is 3. The van der Waals surface area contributed by atoms with Gasteiger partial charge in [0.05, 0.1) is 12.7 Å². The number of phosphoric ester groups is 1. The molecule has 0 spiro atoms. The molecule has 0 aliphatic heterocycles. The van der Waals surface area contributed by atoms with E-state index in [4.69, 9.17) is 18.5 Å². The van der Waals surface area contributed by atoms with Crippen LogP contribution >= 0.6 is 7.82 Å². The van der Waals surface area contributed by atoms with Crippen LogP contribution in [0.4, 0.5) is 0 Å². The van der Waals surface area contributed by atoms with Gasteiger partial charge in [0.15, 0.2) is 11.9 Å². The molecule has 0 bridgehead atoms. The van der Waals surface area contributed by atoms with Crippen LogP contribution in [-0.4, -0.2) is 48.0 Å². The van der Waals surface area contributed by atoms with E-state index in [9.17, 15) is 23.8 Å². The maximum absolute atomic E-state index is 13.2. The zero-order valence-electron chi connectivity index (χ0n) is 24.5. The molecule has 6 unspecified atom stereocenters. The van der Waals surface area contributed by atoms with Gasteiger partial charge in [-0.15, -0.1) is 0 Å². The van der Waals surface area contributed by atoms with Crippen LogP contribution in [-0.2, 0) is 37.5 Å². The van der Waals surface area contributed by atoms with Crippen LogP contribution in [0.25, 0.3) is 0 Å². The van der Waals surface area contributed by atoms with Crippen LogP contribution in [0.2, 0.25) is 0 Å². The van der Waals surface area contributed by atoms with Gasteiger partial charge in [0.1, 0.15) is 6.61 Å². The van der Waals surface area contributed by atoms with Crippen LogP contribution in [0, 0.1) is 28.6 Å². The number of ketones is 1. The molecule has 0 saturated heterocycles. The minimum atomic E-state index is -4.54. The lowest BCUT2D eigenvalue weighted by Crippen LogP contribution is -2.49. The predicted octanol–water partition coefficient (Wildman–Crippen LogP) is 5.85. The van der Waals surface area contributed by atoms with Crippen molar-refractivity contribution < 1.29 is 42.4 Å². The second kappa shape index (κ2) is 12.2. The molecule has 4 aliphatic rings. The van der Waals surface area contributed by atoms with Crippen LogP contribution in [0.15, 0.2) is 23.3 Å². The van der Waals surface area contributed by atoms with E-state index in [-0.39, 0.29) is 23.2 Å². The molecule has 224 valence electrons. The standard InChI is InChI=1S/C30H45O9P/c1-6-7-8-26-28(39-40(34,35)37-18-23(38-20(3)32)17-36-19(2)31)16-27-24-10-9-21-15-22(33)11-13-29(21,4)25(24)12-14-30(26,27)5/h8,15,23-25,27-28H,6-7,9-14,16-18H2,1-5H3,(H,34,35)/b26-8+/t23?,24?,25?,27?,28?,29-,30+/m0/s1. The molecule has 0 aromatic heterocycles. The van der Waals surface area contributed by atoms with Crippen molar-refractivity contribution in [2.75, 3.05) is 13.2 Å². The summed E-state index contributed by atoms with van der Waals surface area (Å²) in [4.78, 5) is 45.6. The number of phosphoric acid groups is 1. The highest BCUT2D eigenvalue weighted by Gasteiger charge is 2.60. The molecule has 3 fully saturated rings. The first kappa shape index (κ1) is 31.1. The van der Waals surface area contributed by atoms with Gasteiger partial charge in [-0.05, 0) is 85.2 Å². The Hall–Kier alpha value is -1.80. The molecule has 40 heavy (non-hydrogen) atoms. The third kappa shape index (κ3) is 6.48. The first-order valence-corrected chi connectivity index (χ1v) is 16.2. The van der Waals surface area contributed by atoms with Crippen molar-refractivity contribution in [1.82, 2.24) is 0 Å². The minimum Gasteiger partial charge on any atom is -0.462 e. The molecule has 4 aliphatic carbocycles. The molecule has 0 aromatic carbocycles. The van der Waals surface area contributed by atoms with Crippen LogP contribution in [0.5, 0.6) is 0 Å². The smallest absolute Gasteiger partial charge is 0.462 e. The monoisotopic (exact) mass is 580 g/mol. The zero-order valence-corrected chi connectivity index (χ0v) is 25.4. The SMILES string of the molecule is CCC/C=C1\C(OP(=O)(O)OCC(COC(C)=O)OC(C)=O)CC2C3CCC4=CC(=O)CC[C@]4(C)C3CC[C@]12C. The van der Waals surface area contributed by atoms with E-state index in [1.54, 1.807) is 0 Å². The average molecular weight is 581 g/mol. The number of hydrogen-bond donors (Lipinski definition) is 1. The third-order valence-corrected chi connectivity index (χ3v) is 11.0. The summed E-state index contributed by atoms with van der Waals surface area (Å²) in [5.74, 6) is 0.284. The molecule has 0 amide bonds. The fourth-order valence-corrected chi connectivity index (χ4v) is 9.03. The largest absolute Gasteiger partial charge is 0.472 e. The Labute approximate surface area is 237 Å². The number of fused-ring (bicyclic) bond motifs is 5. The van der Waals surface area contributed by atoms with E-state index < -0.39 is 38.6 Å². The van der Waals surface area contributed by atoms with E-state index in [2.05, 4.69) is 26.8 Å². The Morgan fingerprint density at radius 1 is 1.10 bits per heavy atom. The summed E-state index contributed by atoms with van der Waals surface area (Å²) in [7, 11) is -4.54. The van der Waals surface area contributed by atoms with Crippen LogP contribution in [0.3, 0.4) is 0 Å². The molecule has 0 aromatic rings. The lowest BCUT2D eigenvalue weighted by molar-refractivity contribution is -0.158. The Balaban J connectivity index is 1.52. The summed E-state index contributed by atoms with van der Waals surface area (Å²) in [6, 6.07) is 0. The van der Waals surface area contributed by atoms with Gasteiger partial charge in [-0.3, -0.25) is 23.4 Å². The van der Waals surface area contributed by atoms with E-state index >= 15 is 0 Å². The Morgan fingerprint density at radius 3 is 2.52 bits per heavy atom. The van der Waals surface area contributed by atoms with Crippen LogP contribution < -0.4 is 0 Å². The molecule has 9 nitrogen and oxygen atoms in total. The van der Waals surface area contributed by atoms with Crippen molar-refractivity contribution in [3.8, 4) is 0 Å². The number of hydrogen-bond acceptors (Lipinski definition) is 8. The topological polar surface area (TPSA) is 125 Å². The molecular weight excluding hydrogens is 535 g/mol. The number of unbranched alkanes of at least 4 members (excludes halogenated alkanes) is 1. The van der Waals surface area contributed by atoms with Gasteiger partial charge in [0.2, 0.25) is 0 Å². The molecule has 0 radical (unpaired) electrons. The van der Waals surface area contributed by atoms with Crippen LogP contribution in [0.1, 0.15) is 92.4 Å². The number of ether oxygens (including phenoxy) is 2. The predicted molar refractivity (Wildman–Crippen MR) is 148 cm³/mol. The first-order chi connectivity index (χ1) is 18.8. The van der Waals surface area contributed by atoms with Gasteiger partial charge in [0, 0.05) is 20.3 Å². The fraction of sp³-hybridized carbons (Fsp3) is 0.767. The lowest BCUT2D eigenvalue weighted by Gasteiger charge is -2.57. The number of carbonyl (C=O) groups excluding carboxylic acids is 3. The van der Waals surface area contributed by atoms with Crippen molar-refractivity contribution in [3.05, 3.63) is 23.3 Å². The van der Waals surface area contributed by atoms with Crippen molar-refractivity contribution in [3.63, 3.8) is 0 Å². The lowest BCUT2D eigenvalue weighted by atomic mass is 9.47. The van der Waals surface area contributed by atoms with Crippen molar-refractivity contribution in [2.24, 2.45) is 28.6 Å². The van der Waals surface area contributed by atoms with E-state index in [0.29, 0.717) is 30.6 Å². The van der Waals surface area contributed by atoms with Gasteiger partial charge >= 0.3 is 19.8 Å². The normalized spacial score (nSPS) is 36.5. The average Bonchev–Trinajstić information content (AvgIpc) is 3.14. The maximum Gasteiger partial charge on any atom is 0.472 e. The molecule has 3 saturated carbocycles. The number of allylic oxidation sites excluding steroid dienone is 2. The molecule has 8 atom stereocenters. The summed E-state index contributed by atoms with van der Waals surface area (Å²) in [6.07, 6.45) is 10.4. The highest BCUT2D eigenvalue weighted by atomic mass is 31.2. The van der Waals surface area contributed by atoms with Crippen molar-refractivity contribution in [2.45, 2.75) is 105 Å². The summed E-state index contributed by atoms with van der Waals surface area (Å²) < 4.78 is 34.3. The van der Waals surface area contributed by atoms with Crippen molar-refractivity contribution in [1.29, 1.82) is 0 Å². The highest BCUT2D eigenvalue weighted by Crippen LogP contribution is 2.68. The van der Waals surface area contributed by atoms with Gasteiger partial charge in [0.25, 0.3) is 0 Å². The Kier molecular flexibility index (Phi) is 9.50. The van der Waals surface area contributed by atoms with Crippen molar-refractivity contribution >= 4 is 25.5 Å². The summed E-state index contributed by atoms with van der Waals surface area (Å²) in [5, 5.41) is 0. The first-order valence-electron chi connectivity index (χ1n) is 14.7. The Bertz CT molecular complexity index is 1110. The van der Waals surface area contributed by atoms with Gasteiger partial charge in [-0.1, -0.05) is 38.8 Å². The number of rotatable bonds is 10. The van der Waals surface area contributed by atoms with E-state index in [1.165, 1.54) is 19.4 Å². The summed E-state index contributed by atoms with van der Waals surface area (Å²) in [5.41, 5.74) is 2.29. The summed E-state index contributed by atoms with van der Waals surface area (Å²) >= 11 is 0. The van der Waals surface area contributed by atoms with Gasteiger partial charge in [-0.2, -0.15) is 0 Å². The summed E-state index contributed by atoms with van der Waals surface area (Å²) in [6.45, 7) is 8.42. The molecule has 4 rings (SSSR count). The molecule has 0 heterocycles. The second-order valence-electron chi connectivity index (χ2n) is 12.5. The minimum absolute atomic E-state index is 0.0352. The quantitative estimate of drug-likeness (QED) is 0.192. The molecule has 1 N–H and O–H groups in total. The zero-order chi connectivity index (χ0) is 29.3. The second-order valence-corrected chi connectivity index (χ2v) is 13.9. The maximum atomic E-state index is 13.2. The highest BCUT2D eigenvalue weighted by molar-refractivity contribution is 7.47.